The summed E-state index contributed by atoms with van der Waals surface area (Å²) in [7, 11) is -4.37. The second kappa shape index (κ2) is 40.9. The average Bonchev–Trinajstić information content (AvgIpc) is 3.16. The van der Waals surface area contributed by atoms with Crippen LogP contribution in [-0.4, -0.2) is 49.3 Å². The molecule has 0 fully saturated rings. The van der Waals surface area contributed by atoms with E-state index in [1.807, 2.05) is 0 Å². The molecular weight excluding hydrogens is 701 g/mol. The monoisotopic (exact) mass is 784 g/mol. The van der Waals surface area contributed by atoms with Gasteiger partial charge in [-0.2, -0.15) is 0 Å². The van der Waals surface area contributed by atoms with Crippen molar-refractivity contribution in [1.82, 2.24) is 0 Å². The molecule has 0 heterocycles. The molecule has 0 aromatic rings. The fraction of sp³-hybridized carbons (Fsp3) is 0.818. The third kappa shape index (κ3) is 39.9. The maximum absolute atomic E-state index is 12.6. The van der Waals surface area contributed by atoms with E-state index in [1.165, 1.54) is 96.3 Å². The van der Waals surface area contributed by atoms with Gasteiger partial charge in [-0.1, -0.05) is 159 Å². The molecule has 54 heavy (non-hydrogen) atoms. The lowest BCUT2D eigenvalue weighted by Crippen LogP contribution is -2.29. The van der Waals surface area contributed by atoms with Crippen LogP contribution in [0.15, 0.2) is 36.5 Å². The van der Waals surface area contributed by atoms with Crippen LogP contribution < -0.4 is 5.73 Å². The minimum atomic E-state index is -4.37. The number of ether oxygens (including phenoxy) is 2. The smallest absolute Gasteiger partial charge is 0.462 e. The third-order valence-corrected chi connectivity index (χ3v) is 10.2. The van der Waals surface area contributed by atoms with Crippen LogP contribution in [0.4, 0.5) is 0 Å². The quantitative estimate of drug-likeness (QED) is 0.0269. The van der Waals surface area contributed by atoms with Crippen LogP contribution in [0.3, 0.4) is 0 Å². The molecule has 2 unspecified atom stereocenters. The summed E-state index contributed by atoms with van der Waals surface area (Å²) in [6, 6.07) is 0. The maximum atomic E-state index is 12.6. The number of esters is 2. The predicted octanol–water partition coefficient (Wildman–Crippen LogP) is 12.6. The molecule has 0 aliphatic carbocycles. The van der Waals surface area contributed by atoms with Gasteiger partial charge in [0, 0.05) is 19.4 Å². The number of carbonyl (C=O) groups is 2. The Kier molecular flexibility index (Phi) is 39.5. The first kappa shape index (κ1) is 52.2. The average molecular weight is 784 g/mol. The normalized spacial score (nSPS) is 13.6. The Morgan fingerprint density at radius 3 is 1.50 bits per heavy atom. The lowest BCUT2D eigenvalue weighted by atomic mass is 10.0. The van der Waals surface area contributed by atoms with Gasteiger partial charge in [-0.15, -0.1) is 0 Å². The Hall–Kier alpha value is -1.77. The summed E-state index contributed by atoms with van der Waals surface area (Å²) in [6.45, 7) is 3.65. The van der Waals surface area contributed by atoms with Gasteiger partial charge in [0.2, 0.25) is 0 Å². The summed E-state index contributed by atoms with van der Waals surface area (Å²) >= 11 is 0. The van der Waals surface area contributed by atoms with E-state index in [0.29, 0.717) is 6.42 Å². The number of hydrogen-bond donors (Lipinski definition) is 2. The van der Waals surface area contributed by atoms with E-state index in [1.54, 1.807) is 0 Å². The number of hydrogen-bond acceptors (Lipinski definition) is 8. The number of carbonyl (C=O) groups excluding carboxylic acids is 2. The molecule has 9 nitrogen and oxygen atoms in total. The Morgan fingerprint density at radius 1 is 0.556 bits per heavy atom. The highest BCUT2D eigenvalue weighted by atomic mass is 31.2. The van der Waals surface area contributed by atoms with Crippen molar-refractivity contribution in [1.29, 1.82) is 0 Å². The first-order valence-corrected chi connectivity index (χ1v) is 23.5. The Bertz CT molecular complexity index is 986. The molecule has 316 valence electrons. The molecule has 0 amide bonds. The fourth-order valence-electron chi connectivity index (χ4n) is 5.96. The van der Waals surface area contributed by atoms with E-state index in [2.05, 4.69) is 50.3 Å². The largest absolute Gasteiger partial charge is 0.472 e. The lowest BCUT2D eigenvalue weighted by Gasteiger charge is -2.19. The summed E-state index contributed by atoms with van der Waals surface area (Å²) in [5.41, 5.74) is 5.34. The number of allylic oxidation sites excluding steroid dienone is 6. The number of phosphoric ester groups is 1. The Balaban J connectivity index is 4.05. The van der Waals surface area contributed by atoms with Gasteiger partial charge in [0.05, 0.1) is 13.2 Å². The molecular formula is C44H82NO8P. The SMILES string of the molecule is CCC/C=C\CCCCCCCC(=O)OCC(COP(=O)(O)OCCN)OC(=O)CCCCCCCCCCCCC/C=C\C/C=C\CCCCCCC. The molecule has 3 N–H and O–H groups in total. The molecule has 0 aliphatic rings. The first-order valence-electron chi connectivity index (χ1n) is 22.0. The number of phosphoric acid groups is 1. The van der Waals surface area contributed by atoms with Crippen LogP contribution in [0.1, 0.15) is 200 Å². The van der Waals surface area contributed by atoms with E-state index >= 15 is 0 Å². The molecule has 0 saturated carbocycles. The molecule has 0 aromatic heterocycles. The van der Waals surface area contributed by atoms with Crippen LogP contribution in [0.25, 0.3) is 0 Å². The van der Waals surface area contributed by atoms with Gasteiger partial charge >= 0.3 is 19.8 Å². The van der Waals surface area contributed by atoms with Gasteiger partial charge in [-0.25, -0.2) is 4.57 Å². The number of nitrogens with two attached hydrogens (primary N) is 1. The van der Waals surface area contributed by atoms with Crippen LogP contribution in [-0.2, 0) is 32.7 Å². The minimum absolute atomic E-state index is 0.0518. The highest BCUT2D eigenvalue weighted by molar-refractivity contribution is 7.47. The van der Waals surface area contributed by atoms with Crippen LogP contribution >= 0.6 is 7.82 Å². The zero-order valence-corrected chi connectivity index (χ0v) is 35.6. The van der Waals surface area contributed by atoms with Crippen molar-refractivity contribution in [2.24, 2.45) is 5.73 Å². The van der Waals surface area contributed by atoms with E-state index in [-0.39, 0.29) is 32.6 Å². The highest BCUT2D eigenvalue weighted by Gasteiger charge is 2.26. The van der Waals surface area contributed by atoms with Gasteiger partial charge in [0.15, 0.2) is 6.10 Å². The van der Waals surface area contributed by atoms with Crippen molar-refractivity contribution in [3.63, 3.8) is 0 Å². The Morgan fingerprint density at radius 2 is 1.00 bits per heavy atom. The van der Waals surface area contributed by atoms with Crippen molar-refractivity contribution in [2.45, 2.75) is 206 Å². The van der Waals surface area contributed by atoms with Gasteiger partial charge in [0.25, 0.3) is 0 Å². The maximum Gasteiger partial charge on any atom is 0.472 e. The third-order valence-electron chi connectivity index (χ3n) is 9.23. The zero-order valence-electron chi connectivity index (χ0n) is 34.7. The summed E-state index contributed by atoms with van der Waals surface area (Å²) in [6.07, 6.45) is 44.7. The lowest BCUT2D eigenvalue weighted by molar-refractivity contribution is -0.161. The van der Waals surface area contributed by atoms with E-state index in [0.717, 1.165) is 70.6 Å². The molecule has 0 spiro atoms. The van der Waals surface area contributed by atoms with Crippen molar-refractivity contribution < 1.29 is 37.6 Å². The second-order valence-electron chi connectivity index (χ2n) is 14.6. The summed E-state index contributed by atoms with van der Waals surface area (Å²) in [4.78, 5) is 34.8. The zero-order chi connectivity index (χ0) is 39.6. The van der Waals surface area contributed by atoms with Crippen LogP contribution in [0.5, 0.6) is 0 Å². The molecule has 0 aliphatic heterocycles. The first-order chi connectivity index (χ1) is 26.3. The van der Waals surface area contributed by atoms with Gasteiger partial charge in [-0.05, 0) is 64.2 Å². The molecule has 0 saturated heterocycles. The Labute approximate surface area is 331 Å². The minimum Gasteiger partial charge on any atom is -0.462 e. The topological polar surface area (TPSA) is 134 Å². The fourth-order valence-corrected chi connectivity index (χ4v) is 6.73. The van der Waals surface area contributed by atoms with Crippen LogP contribution in [0.2, 0.25) is 0 Å². The number of unbranched alkanes of at least 4 members (excludes halogenated alkanes) is 22. The predicted molar refractivity (Wildman–Crippen MR) is 224 cm³/mol. The second-order valence-corrected chi connectivity index (χ2v) is 16.0. The van der Waals surface area contributed by atoms with Crippen molar-refractivity contribution >= 4 is 19.8 Å². The van der Waals surface area contributed by atoms with Gasteiger partial charge in [-0.3, -0.25) is 18.6 Å². The van der Waals surface area contributed by atoms with Crippen molar-refractivity contribution in [3.8, 4) is 0 Å². The number of rotatable bonds is 41. The summed E-state index contributed by atoms with van der Waals surface area (Å²) in [5, 5.41) is 0. The van der Waals surface area contributed by atoms with Gasteiger partial charge < -0.3 is 20.1 Å². The van der Waals surface area contributed by atoms with Crippen molar-refractivity contribution in [2.75, 3.05) is 26.4 Å². The van der Waals surface area contributed by atoms with E-state index in [9.17, 15) is 19.0 Å². The molecule has 0 radical (unpaired) electrons. The van der Waals surface area contributed by atoms with E-state index < -0.39 is 32.5 Å². The molecule has 10 heteroatoms. The molecule has 0 rings (SSSR count). The summed E-state index contributed by atoms with van der Waals surface area (Å²) in [5.74, 6) is -0.842. The molecule has 0 bridgehead atoms. The standard InChI is InChI=1S/C44H82NO8P/c1-3-5-7-9-11-13-15-16-17-18-19-20-21-22-23-24-25-26-27-29-31-33-35-37-44(47)53-42(41-52-54(48,49)51-39-38-45)40-50-43(46)36-34-32-30-28-14-12-10-8-6-4-2/h8,10,15-16,18-19,42H,3-7,9,11-14,17,20-41,45H2,1-2H3,(H,48,49)/b10-8-,16-15-,19-18-. The molecule has 0 aromatic carbocycles. The van der Waals surface area contributed by atoms with Crippen molar-refractivity contribution in [3.05, 3.63) is 36.5 Å². The van der Waals surface area contributed by atoms with Crippen LogP contribution in [0, 0.1) is 0 Å². The van der Waals surface area contributed by atoms with E-state index in [4.69, 9.17) is 24.3 Å². The molecule has 2 atom stereocenters. The summed E-state index contributed by atoms with van der Waals surface area (Å²) < 4.78 is 32.7. The van der Waals surface area contributed by atoms with Gasteiger partial charge in [0.1, 0.15) is 6.61 Å². The highest BCUT2D eigenvalue weighted by Crippen LogP contribution is 2.43.